The van der Waals surface area contributed by atoms with E-state index in [4.69, 9.17) is 0 Å². The van der Waals surface area contributed by atoms with Crippen molar-refractivity contribution in [3.8, 4) is 0 Å². The van der Waals surface area contributed by atoms with Crippen LogP contribution in [0, 0.1) is 25.2 Å². The van der Waals surface area contributed by atoms with Gasteiger partial charge in [0.1, 0.15) is 0 Å². The van der Waals surface area contributed by atoms with Crippen LogP contribution in [-0.2, 0) is 4.79 Å². The number of piperidine rings is 1. The Balaban J connectivity index is 1.83. The van der Waals surface area contributed by atoms with Gasteiger partial charge in [-0.25, -0.2) is 0 Å². The molecule has 0 atom stereocenters. The normalized spacial score (nSPS) is 16.2. The van der Waals surface area contributed by atoms with E-state index in [-0.39, 0.29) is 23.1 Å². The number of likely N-dealkylation sites (tertiary alicyclic amines) is 1. The first-order valence-corrected chi connectivity index (χ1v) is 10.2. The van der Waals surface area contributed by atoms with Gasteiger partial charge in [-0.2, -0.15) is 0 Å². The summed E-state index contributed by atoms with van der Waals surface area (Å²) in [6.45, 7) is 11.3. The summed E-state index contributed by atoms with van der Waals surface area (Å²) in [5, 5.41) is 3.12. The van der Waals surface area contributed by atoms with Gasteiger partial charge in [-0.05, 0) is 52.3 Å². The van der Waals surface area contributed by atoms with Crippen molar-refractivity contribution in [2.24, 2.45) is 11.3 Å². The number of carbonyl (C=O) groups excluding carboxylic acids is 2. The Morgan fingerprint density at radius 2 is 1.88 bits per heavy atom. The summed E-state index contributed by atoms with van der Waals surface area (Å²) in [7, 11) is 4.10. The molecule has 1 aromatic rings. The number of rotatable bonds is 6. The summed E-state index contributed by atoms with van der Waals surface area (Å²) >= 11 is 1.66. The highest BCUT2D eigenvalue weighted by molar-refractivity contribution is 7.12. The van der Waals surface area contributed by atoms with Gasteiger partial charge in [-0.3, -0.25) is 9.59 Å². The summed E-state index contributed by atoms with van der Waals surface area (Å²) in [6.07, 6.45) is 1.49. The molecule has 0 bridgehead atoms. The number of aryl methyl sites for hydroxylation is 2. The first-order chi connectivity index (χ1) is 12.1. The number of nitrogens with one attached hydrogen (secondary N) is 1. The van der Waals surface area contributed by atoms with Crippen LogP contribution in [0.4, 0.5) is 0 Å². The molecule has 2 rings (SSSR count). The minimum absolute atomic E-state index is 0.0134. The molecule has 0 aliphatic carbocycles. The van der Waals surface area contributed by atoms with Gasteiger partial charge in [-0.15, -0.1) is 11.3 Å². The van der Waals surface area contributed by atoms with Crippen LogP contribution in [0.25, 0.3) is 0 Å². The Morgan fingerprint density at radius 1 is 1.27 bits per heavy atom. The molecule has 1 saturated heterocycles. The zero-order valence-corrected chi connectivity index (χ0v) is 17.8. The van der Waals surface area contributed by atoms with E-state index in [1.807, 2.05) is 38.9 Å². The standard InChI is InChI=1S/C20H33N3O2S/c1-14-11-17(15(2)26-14)19(25)23-9-7-16(8-10-23)18(24)21-12-20(3,4)13-22(5)6/h11,16H,7-10,12-13H2,1-6H3,(H,21,24). The lowest BCUT2D eigenvalue weighted by atomic mass is 9.91. The van der Waals surface area contributed by atoms with Gasteiger partial charge in [0.15, 0.2) is 0 Å². The molecule has 5 nitrogen and oxygen atoms in total. The van der Waals surface area contributed by atoms with Crippen molar-refractivity contribution in [3.05, 3.63) is 21.4 Å². The maximum atomic E-state index is 12.7. The molecule has 1 fully saturated rings. The average Bonchev–Trinajstić information content (AvgIpc) is 2.89. The summed E-state index contributed by atoms with van der Waals surface area (Å²) in [6, 6.07) is 1.98. The number of carbonyl (C=O) groups is 2. The maximum Gasteiger partial charge on any atom is 0.254 e. The van der Waals surface area contributed by atoms with E-state index in [0.29, 0.717) is 19.6 Å². The van der Waals surface area contributed by atoms with Gasteiger partial charge >= 0.3 is 0 Å². The molecule has 1 aromatic heterocycles. The van der Waals surface area contributed by atoms with Crippen LogP contribution in [0.2, 0.25) is 0 Å². The topological polar surface area (TPSA) is 52.7 Å². The minimum Gasteiger partial charge on any atom is -0.355 e. The third-order valence-corrected chi connectivity index (χ3v) is 5.88. The predicted octanol–water partition coefficient (Wildman–Crippen LogP) is 2.92. The molecule has 146 valence electrons. The fourth-order valence-electron chi connectivity index (χ4n) is 3.74. The lowest BCUT2D eigenvalue weighted by Crippen LogP contribution is -2.46. The molecule has 0 aromatic carbocycles. The molecule has 1 aliphatic heterocycles. The van der Waals surface area contributed by atoms with E-state index >= 15 is 0 Å². The SMILES string of the molecule is Cc1cc(C(=O)N2CCC(C(=O)NCC(C)(C)CN(C)C)CC2)c(C)s1. The van der Waals surface area contributed by atoms with Gasteiger partial charge in [0.2, 0.25) is 5.91 Å². The van der Waals surface area contributed by atoms with Crippen molar-refractivity contribution in [2.45, 2.75) is 40.5 Å². The molecule has 0 saturated carbocycles. The Hall–Kier alpha value is -1.40. The van der Waals surface area contributed by atoms with Gasteiger partial charge < -0.3 is 15.1 Å². The Labute approximate surface area is 161 Å². The van der Waals surface area contributed by atoms with E-state index in [2.05, 4.69) is 24.1 Å². The van der Waals surface area contributed by atoms with Crippen molar-refractivity contribution in [1.82, 2.24) is 15.1 Å². The lowest BCUT2D eigenvalue weighted by Gasteiger charge is -2.33. The lowest BCUT2D eigenvalue weighted by molar-refractivity contribution is -0.126. The second-order valence-electron chi connectivity index (χ2n) is 8.51. The quantitative estimate of drug-likeness (QED) is 0.827. The van der Waals surface area contributed by atoms with E-state index < -0.39 is 0 Å². The van der Waals surface area contributed by atoms with Gasteiger partial charge in [-0.1, -0.05) is 13.8 Å². The monoisotopic (exact) mass is 379 g/mol. The smallest absolute Gasteiger partial charge is 0.254 e. The molecule has 2 amide bonds. The van der Waals surface area contributed by atoms with E-state index in [9.17, 15) is 9.59 Å². The van der Waals surface area contributed by atoms with Crippen molar-refractivity contribution in [3.63, 3.8) is 0 Å². The van der Waals surface area contributed by atoms with E-state index in [1.54, 1.807) is 11.3 Å². The van der Waals surface area contributed by atoms with Crippen molar-refractivity contribution in [2.75, 3.05) is 40.3 Å². The summed E-state index contributed by atoms with van der Waals surface area (Å²) in [5.74, 6) is 0.254. The summed E-state index contributed by atoms with van der Waals surface area (Å²) < 4.78 is 0. The third-order valence-electron chi connectivity index (χ3n) is 4.91. The van der Waals surface area contributed by atoms with Gasteiger partial charge in [0.05, 0.1) is 5.56 Å². The predicted molar refractivity (Wildman–Crippen MR) is 108 cm³/mol. The molecule has 26 heavy (non-hydrogen) atoms. The Bertz CT molecular complexity index is 643. The van der Waals surface area contributed by atoms with Crippen molar-refractivity contribution < 1.29 is 9.59 Å². The van der Waals surface area contributed by atoms with Crippen LogP contribution in [0.5, 0.6) is 0 Å². The Morgan fingerprint density at radius 3 is 2.38 bits per heavy atom. The second-order valence-corrected chi connectivity index (χ2v) is 9.97. The largest absolute Gasteiger partial charge is 0.355 e. The van der Waals surface area contributed by atoms with Crippen LogP contribution in [0.15, 0.2) is 6.07 Å². The van der Waals surface area contributed by atoms with Crippen LogP contribution in [0.3, 0.4) is 0 Å². The number of nitrogens with zero attached hydrogens (tertiary/aromatic N) is 2. The molecular formula is C20H33N3O2S. The van der Waals surface area contributed by atoms with E-state index in [0.717, 1.165) is 29.8 Å². The number of amides is 2. The van der Waals surface area contributed by atoms with Gasteiger partial charge in [0.25, 0.3) is 5.91 Å². The van der Waals surface area contributed by atoms with Crippen molar-refractivity contribution in [1.29, 1.82) is 0 Å². The van der Waals surface area contributed by atoms with Crippen LogP contribution >= 0.6 is 11.3 Å². The molecule has 6 heteroatoms. The fraction of sp³-hybridized carbons (Fsp3) is 0.700. The van der Waals surface area contributed by atoms with Crippen LogP contribution < -0.4 is 5.32 Å². The highest BCUT2D eigenvalue weighted by atomic mass is 32.1. The molecular weight excluding hydrogens is 346 g/mol. The van der Waals surface area contributed by atoms with Crippen LogP contribution in [-0.4, -0.2) is 61.9 Å². The summed E-state index contributed by atoms with van der Waals surface area (Å²) in [4.78, 5) is 31.5. The number of hydrogen-bond donors (Lipinski definition) is 1. The average molecular weight is 380 g/mol. The number of thiophene rings is 1. The Kier molecular flexibility index (Phi) is 6.86. The van der Waals surface area contributed by atoms with Crippen molar-refractivity contribution >= 4 is 23.2 Å². The van der Waals surface area contributed by atoms with Crippen LogP contribution in [0.1, 0.15) is 46.8 Å². The molecule has 2 heterocycles. The molecule has 1 N–H and O–H groups in total. The summed E-state index contributed by atoms with van der Waals surface area (Å²) in [5.41, 5.74) is 0.866. The second kappa shape index (κ2) is 8.53. The first kappa shape index (κ1) is 20.9. The number of hydrogen-bond acceptors (Lipinski definition) is 4. The third kappa shape index (κ3) is 5.55. The van der Waals surface area contributed by atoms with E-state index in [1.165, 1.54) is 4.88 Å². The highest BCUT2D eigenvalue weighted by Gasteiger charge is 2.29. The molecule has 0 spiro atoms. The van der Waals surface area contributed by atoms with Gasteiger partial charge in [0, 0.05) is 41.9 Å². The zero-order valence-electron chi connectivity index (χ0n) is 17.0. The minimum atomic E-state index is 0.0134. The molecule has 0 radical (unpaired) electrons. The zero-order chi connectivity index (χ0) is 19.5. The molecule has 1 aliphatic rings. The highest BCUT2D eigenvalue weighted by Crippen LogP contribution is 2.25. The molecule has 0 unspecified atom stereocenters. The fourth-order valence-corrected chi connectivity index (χ4v) is 4.66. The first-order valence-electron chi connectivity index (χ1n) is 9.38. The maximum absolute atomic E-state index is 12.7.